The Hall–Kier alpha value is -3.46. The third-order valence-corrected chi connectivity index (χ3v) is 11.1. The van der Waals surface area contributed by atoms with E-state index in [9.17, 15) is 4.79 Å². The Kier molecular flexibility index (Phi) is 9.51. The minimum Gasteiger partial charge on any atom is -0.496 e. The number of ketones is 1. The fraction of sp³-hybridized carbons (Fsp3) is 0.385. The van der Waals surface area contributed by atoms with E-state index in [0.29, 0.717) is 22.5 Å². The summed E-state index contributed by atoms with van der Waals surface area (Å²) in [5, 5.41) is 1.22. The summed E-state index contributed by atoms with van der Waals surface area (Å²) < 4.78 is 17.1. The number of likely N-dealkylation sites (tertiary alicyclic amines) is 1. The average Bonchev–Trinajstić information content (AvgIpc) is 3.49. The number of hydrogen-bond acceptors (Lipinski definition) is 7. The van der Waals surface area contributed by atoms with Gasteiger partial charge in [0.05, 0.1) is 36.6 Å². The van der Waals surface area contributed by atoms with Gasteiger partial charge in [-0.15, -0.1) is 0 Å². The number of aryl methyl sites for hydroxylation is 1. The first-order valence-electron chi connectivity index (χ1n) is 16.6. The van der Waals surface area contributed by atoms with E-state index in [1.807, 2.05) is 30.3 Å². The second kappa shape index (κ2) is 13.8. The van der Waals surface area contributed by atoms with Crippen LogP contribution in [0.15, 0.2) is 54.6 Å². The summed E-state index contributed by atoms with van der Waals surface area (Å²) in [7, 11) is 5.14. The number of aromatic nitrogens is 1. The maximum atomic E-state index is 11.9. The minimum atomic E-state index is 0.146. The molecule has 0 amide bonds. The van der Waals surface area contributed by atoms with Gasteiger partial charge in [-0.1, -0.05) is 65.7 Å². The van der Waals surface area contributed by atoms with Crippen LogP contribution < -0.4 is 9.47 Å². The molecular weight excluding hydrogens is 645 g/mol. The van der Waals surface area contributed by atoms with E-state index in [4.69, 9.17) is 42.4 Å². The van der Waals surface area contributed by atoms with Crippen LogP contribution in [0.25, 0.3) is 33.5 Å². The zero-order valence-corrected chi connectivity index (χ0v) is 29.5. The number of methoxy groups -OCH3 is 3. The second-order valence-electron chi connectivity index (χ2n) is 13.1. The maximum Gasteiger partial charge on any atom is 0.217 e. The Morgan fingerprint density at radius 2 is 1.60 bits per heavy atom. The summed E-state index contributed by atoms with van der Waals surface area (Å²) in [4.78, 5) is 21.6. The first kappa shape index (κ1) is 33.1. The van der Waals surface area contributed by atoms with E-state index in [2.05, 4.69) is 34.1 Å². The molecule has 3 aromatic carbocycles. The first-order valence-corrected chi connectivity index (χ1v) is 17.4. The molecule has 0 radical (unpaired) electrons. The van der Waals surface area contributed by atoms with Crippen LogP contribution in [0.4, 0.5) is 0 Å². The molecule has 1 saturated heterocycles. The molecule has 0 unspecified atom stereocenters. The van der Waals surface area contributed by atoms with Gasteiger partial charge in [0, 0.05) is 85.2 Å². The topological polar surface area (TPSA) is 64.1 Å². The maximum absolute atomic E-state index is 11.9. The van der Waals surface area contributed by atoms with Crippen molar-refractivity contribution in [1.82, 2.24) is 14.8 Å². The second-order valence-corrected chi connectivity index (χ2v) is 13.8. The monoisotopic (exact) mass is 685 g/mol. The van der Waals surface area contributed by atoms with Gasteiger partial charge in [-0.3, -0.25) is 14.6 Å². The third-order valence-electron chi connectivity index (χ3n) is 10.3. The summed E-state index contributed by atoms with van der Waals surface area (Å²) in [6, 6.07) is 18.9. The number of halogens is 2. The molecule has 9 heteroatoms. The van der Waals surface area contributed by atoms with Crippen molar-refractivity contribution < 1.29 is 19.0 Å². The molecule has 7 rings (SSSR count). The highest BCUT2D eigenvalue weighted by molar-refractivity contribution is 6.39. The SMILES string of the molecule is COCCN1CCc2c(cc(-c3cccc(-c4cccc(-c5cc6c(c(OC)c5)[C@@H](N5CC(C(C)=O)C5)CC6)c4Cl)c3Cl)nc2OC)C1. The summed E-state index contributed by atoms with van der Waals surface area (Å²) in [5.74, 6) is 1.94. The molecule has 1 fully saturated rings. The molecule has 3 heterocycles. The number of carbonyl (C=O) groups excluding carboxylic acids is 1. The molecule has 3 aliphatic rings. The largest absolute Gasteiger partial charge is 0.496 e. The lowest BCUT2D eigenvalue weighted by Gasteiger charge is -2.42. The van der Waals surface area contributed by atoms with Crippen molar-refractivity contribution in [2.45, 2.75) is 38.8 Å². The number of pyridine rings is 1. The van der Waals surface area contributed by atoms with Crippen LogP contribution in [0.2, 0.25) is 10.0 Å². The van der Waals surface area contributed by atoms with Gasteiger partial charge in [0.25, 0.3) is 0 Å². The fourth-order valence-electron chi connectivity index (χ4n) is 7.64. The molecule has 7 nitrogen and oxygen atoms in total. The molecule has 0 bridgehead atoms. The van der Waals surface area contributed by atoms with Crippen LogP contribution in [-0.4, -0.2) is 74.7 Å². The molecule has 0 spiro atoms. The number of hydrogen-bond donors (Lipinski definition) is 0. The fourth-order valence-corrected chi connectivity index (χ4v) is 8.30. The van der Waals surface area contributed by atoms with Crippen molar-refractivity contribution >= 4 is 29.0 Å². The van der Waals surface area contributed by atoms with Crippen molar-refractivity contribution in [1.29, 1.82) is 0 Å². The van der Waals surface area contributed by atoms with Gasteiger partial charge in [0.15, 0.2) is 0 Å². The molecule has 48 heavy (non-hydrogen) atoms. The van der Waals surface area contributed by atoms with Crippen LogP contribution in [0.5, 0.6) is 11.6 Å². The highest BCUT2D eigenvalue weighted by Crippen LogP contribution is 2.48. The normalized spacial score (nSPS) is 17.9. The number of benzene rings is 3. The Morgan fingerprint density at radius 1 is 0.896 bits per heavy atom. The van der Waals surface area contributed by atoms with Gasteiger partial charge >= 0.3 is 0 Å². The molecule has 4 aromatic rings. The van der Waals surface area contributed by atoms with Crippen molar-refractivity contribution in [2.75, 3.05) is 54.1 Å². The predicted octanol–water partition coefficient (Wildman–Crippen LogP) is 7.92. The van der Waals surface area contributed by atoms with Crippen molar-refractivity contribution in [3.63, 3.8) is 0 Å². The Morgan fingerprint density at radius 3 is 2.29 bits per heavy atom. The van der Waals surface area contributed by atoms with E-state index in [0.717, 1.165) is 96.8 Å². The third kappa shape index (κ3) is 6.01. The van der Waals surface area contributed by atoms with Crippen LogP contribution in [0.3, 0.4) is 0 Å². The summed E-state index contributed by atoms with van der Waals surface area (Å²) in [6.07, 6.45) is 2.85. The lowest BCUT2D eigenvalue weighted by molar-refractivity contribution is -0.127. The van der Waals surface area contributed by atoms with E-state index in [-0.39, 0.29) is 17.7 Å². The molecule has 0 saturated carbocycles. The standard InChI is InChI=1S/C39H41Cl2N3O4/c1-23(45)27-21-44(22-27)34-12-11-24-17-25(19-35(47-3)36(24)34)28-7-5-8-30(37(28)40)31-9-6-10-32(38(31)41)33-18-26-20-43(15-16-46-2)14-13-29(26)39(42-33)48-4/h5-10,17-19,27,34H,11-16,20-22H2,1-4H3/t34-/m0/s1. The number of nitrogens with zero attached hydrogens (tertiary/aromatic N) is 3. The number of ether oxygens (including phenoxy) is 3. The molecule has 0 N–H and O–H groups in total. The van der Waals surface area contributed by atoms with Crippen molar-refractivity contribution in [3.05, 3.63) is 86.9 Å². The molecular formula is C39H41Cl2N3O4. The highest BCUT2D eigenvalue weighted by atomic mass is 35.5. The predicted molar refractivity (Wildman–Crippen MR) is 191 cm³/mol. The van der Waals surface area contributed by atoms with Gasteiger partial charge in [0.1, 0.15) is 11.5 Å². The Bertz CT molecular complexity index is 1870. The van der Waals surface area contributed by atoms with E-state index in [1.54, 1.807) is 28.3 Å². The molecule has 250 valence electrons. The summed E-state index contributed by atoms with van der Waals surface area (Å²) >= 11 is 14.5. The quantitative estimate of drug-likeness (QED) is 0.168. The van der Waals surface area contributed by atoms with Gasteiger partial charge < -0.3 is 14.2 Å². The van der Waals surface area contributed by atoms with Crippen LogP contribution in [0, 0.1) is 5.92 Å². The smallest absolute Gasteiger partial charge is 0.217 e. The zero-order chi connectivity index (χ0) is 33.5. The number of carbonyl (C=O) groups is 1. The van der Waals surface area contributed by atoms with E-state index < -0.39 is 0 Å². The van der Waals surface area contributed by atoms with Gasteiger partial charge in [-0.05, 0) is 55.0 Å². The van der Waals surface area contributed by atoms with Gasteiger partial charge in [-0.25, -0.2) is 4.98 Å². The number of rotatable bonds is 10. The summed E-state index contributed by atoms with van der Waals surface area (Å²) in [6.45, 7) is 6.64. The summed E-state index contributed by atoms with van der Waals surface area (Å²) in [5.41, 5.74) is 10.1. The zero-order valence-electron chi connectivity index (χ0n) is 27.9. The van der Waals surface area contributed by atoms with Gasteiger partial charge in [0.2, 0.25) is 5.88 Å². The minimum absolute atomic E-state index is 0.146. The van der Waals surface area contributed by atoms with E-state index >= 15 is 0 Å². The van der Waals surface area contributed by atoms with E-state index in [1.165, 1.54) is 16.7 Å². The lowest BCUT2D eigenvalue weighted by atomic mass is 9.91. The average molecular weight is 687 g/mol. The lowest BCUT2D eigenvalue weighted by Crippen LogP contribution is -2.50. The van der Waals surface area contributed by atoms with Crippen molar-refractivity contribution in [2.24, 2.45) is 5.92 Å². The number of Topliss-reactive ketones (excluding diaryl/α,β-unsaturated/α-hetero) is 1. The molecule has 1 aliphatic carbocycles. The Labute approximate surface area is 292 Å². The highest BCUT2D eigenvalue weighted by Gasteiger charge is 2.40. The molecule has 2 aliphatic heterocycles. The molecule has 1 aromatic heterocycles. The van der Waals surface area contributed by atoms with Crippen LogP contribution >= 0.6 is 23.2 Å². The number of fused-ring (bicyclic) bond motifs is 2. The van der Waals surface area contributed by atoms with Crippen LogP contribution in [-0.2, 0) is 28.9 Å². The van der Waals surface area contributed by atoms with Gasteiger partial charge in [-0.2, -0.15) is 0 Å². The first-order chi connectivity index (χ1) is 23.3. The van der Waals surface area contributed by atoms with Crippen molar-refractivity contribution in [3.8, 4) is 45.1 Å². The van der Waals surface area contributed by atoms with Crippen LogP contribution in [0.1, 0.15) is 41.6 Å². The molecule has 1 atom stereocenters. The Balaban J connectivity index is 1.22.